The molecule has 0 radical (unpaired) electrons. The standard InChI is InChI=1S/C27H28Cl2FN3O3/c1-16(24-21(28)6-7-22(30)25(24)29)36-23-14-20(15-33-26(23)31)18-2-4-19(5-3-18)27(34)32-11-8-17-9-12-35-13-10-17/h2-7,14-17H,8-13H2,1H3,(H2,31,33)(H,32,34). The summed E-state index contributed by atoms with van der Waals surface area (Å²) in [7, 11) is 0. The van der Waals surface area contributed by atoms with Crippen molar-refractivity contribution in [1.29, 1.82) is 0 Å². The summed E-state index contributed by atoms with van der Waals surface area (Å²) in [5.74, 6) is 0.400. The van der Waals surface area contributed by atoms with E-state index in [4.69, 9.17) is 38.4 Å². The normalized spacial score (nSPS) is 14.9. The molecule has 4 rings (SSSR count). The Hall–Kier alpha value is -2.87. The average Bonchev–Trinajstić information content (AvgIpc) is 2.88. The van der Waals surface area contributed by atoms with Gasteiger partial charge in [0.25, 0.3) is 5.91 Å². The van der Waals surface area contributed by atoms with Crippen molar-refractivity contribution in [2.24, 2.45) is 5.92 Å². The Bertz CT molecular complexity index is 1220. The summed E-state index contributed by atoms with van der Waals surface area (Å²) in [6, 6.07) is 11.6. The zero-order valence-corrected chi connectivity index (χ0v) is 21.4. The molecule has 9 heteroatoms. The van der Waals surface area contributed by atoms with Crippen molar-refractivity contribution in [3.63, 3.8) is 0 Å². The first-order valence-electron chi connectivity index (χ1n) is 11.9. The lowest BCUT2D eigenvalue weighted by Crippen LogP contribution is -2.27. The lowest BCUT2D eigenvalue weighted by Gasteiger charge is -2.21. The van der Waals surface area contributed by atoms with E-state index in [1.807, 2.05) is 12.1 Å². The van der Waals surface area contributed by atoms with E-state index in [2.05, 4.69) is 10.3 Å². The zero-order chi connectivity index (χ0) is 25.7. The highest BCUT2D eigenvalue weighted by Crippen LogP contribution is 2.37. The number of carbonyl (C=O) groups excluding carboxylic acids is 1. The van der Waals surface area contributed by atoms with Gasteiger partial charge in [-0.3, -0.25) is 4.79 Å². The fourth-order valence-electron chi connectivity index (χ4n) is 4.21. The number of anilines is 1. The van der Waals surface area contributed by atoms with E-state index in [1.54, 1.807) is 31.3 Å². The number of hydrogen-bond acceptors (Lipinski definition) is 5. The first-order valence-corrected chi connectivity index (χ1v) is 12.6. The van der Waals surface area contributed by atoms with Gasteiger partial charge in [0.15, 0.2) is 11.6 Å². The molecule has 6 nitrogen and oxygen atoms in total. The van der Waals surface area contributed by atoms with Crippen LogP contribution in [0.2, 0.25) is 10.0 Å². The number of nitrogens with two attached hydrogens (primary N) is 1. The molecule has 190 valence electrons. The van der Waals surface area contributed by atoms with Crippen LogP contribution in [0.3, 0.4) is 0 Å². The minimum absolute atomic E-state index is 0.0979. The van der Waals surface area contributed by atoms with Crippen LogP contribution in [0.1, 0.15) is 48.2 Å². The maximum absolute atomic E-state index is 14.0. The van der Waals surface area contributed by atoms with Crippen LogP contribution < -0.4 is 15.8 Å². The Balaban J connectivity index is 1.42. The van der Waals surface area contributed by atoms with Gasteiger partial charge in [0.2, 0.25) is 0 Å². The number of hydrogen-bond donors (Lipinski definition) is 2. The van der Waals surface area contributed by atoms with Gasteiger partial charge in [-0.15, -0.1) is 0 Å². The molecule has 0 bridgehead atoms. The van der Waals surface area contributed by atoms with Crippen molar-refractivity contribution in [3.8, 4) is 16.9 Å². The molecule has 0 saturated carbocycles. The summed E-state index contributed by atoms with van der Waals surface area (Å²) < 4.78 is 25.3. The van der Waals surface area contributed by atoms with Crippen LogP contribution in [0.15, 0.2) is 48.7 Å². The van der Waals surface area contributed by atoms with Crippen LogP contribution >= 0.6 is 23.2 Å². The van der Waals surface area contributed by atoms with Gasteiger partial charge in [-0.2, -0.15) is 0 Å². The van der Waals surface area contributed by atoms with Gasteiger partial charge in [0.1, 0.15) is 11.9 Å². The molecule has 0 aliphatic carbocycles. The molecular weight excluding hydrogens is 504 g/mol. The molecule has 2 aromatic carbocycles. The molecule has 1 fully saturated rings. The van der Waals surface area contributed by atoms with E-state index in [1.165, 1.54) is 12.1 Å². The number of nitrogens with one attached hydrogen (secondary N) is 1. The minimum Gasteiger partial charge on any atom is -0.482 e. The van der Waals surface area contributed by atoms with Crippen LogP contribution in [0, 0.1) is 11.7 Å². The third-order valence-corrected chi connectivity index (χ3v) is 7.04. The Morgan fingerprint density at radius 2 is 1.92 bits per heavy atom. The van der Waals surface area contributed by atoms with E-state index in [0.29, 0.717) is 34.4 Å². The molecule has 1 amide bonds. The quantitative estimate of drug-likeness (QED) is 0.325. The van der Waals surface area contributed by atoms with Crippen LogP contribution in [0.25, 0.3) is 11.1 Å². The van der Waals surface area contributed by atoms with Gasteiger partial charge >= 0.3 is 0 Å². The maximum Gasteiger partial charge on any atom is 0.251 e. The molecule has 2 heterocycles. The van der Waals surface area contributed by atoms with Gasteiger partial charge in [-0.1, -0.05) is 35.3 Å². The molecule has 36 heavy (non-hydrogen) atoms. The second kappa shape index (κ2) is 11.9. The van der Waals surface area contributed by atoms with Crippen molar-refractivity contribution in [3.05, 3.63) is 75.7 Å². The zero-order valence-electron chi connectivity index (χ0n) is 19.9. The van der Waals surface area contributed by atoms with Crippen molar-refractivity contribution in [2.45, 2.75) is 32.3 Å². The van der Waals surface area contributed by atoms with Crippen molar-refractivity contribution in [2.75, 3.05) is 25.5 Å². The summed E-state index contributed by atoms with van der Waals surface area (Å²) in [6.45, 7) is 3.95. The van der Waals surface area contributed by atoms with Crippen LogP contribution in [0.5, 0.6) is 5.75 Å². The number of aromatic nitrogens is 1. The van der Waals surface area contributed by atoms with Gasteiger partial charge in [-0.25, -0.2) is 9.37 Å². The summed E-state index contributed by atoms with van der Waals surface area (Å²) in [5, 5.41) is 3.19. The summed E-state index contributed by atoms with van der Waals surface area (Å²) >= 11 is 12.3. The number of nitrogen functional groups attached to an aromatic ring is 1. The molecule has 1 aliphatic rings. The first-order chi connectivity index (χ1) is 17.3. The molecule has 1 unspecified atom stereocenters. The van der Waals surface area contributed by atoms with Gasteiger partial charge in [0, 0.05) is 47.7 Å². The van der Waals surface area contributed by atoms with Crippen molar-refractivity contribution < 1.29 is 18.7 Å². The van der Waals surface area contributed by atoms with E-state index in [0.717, 1.165) is 43.6 Å². The SMILES string of the molecule is CC(Oc1cc(-c2ccc(C(=O)NCCC3CCOCC3)cc2)cnc1N)c1c(Cl)ccc(F)c1Cl. The molecule has 1 saturated heterocycles. The maximum atomic E-state index is 14.0. The lowest BCUT2D eigenvalue weighted by molar-refractivity contribution is 0.0636. The number of amides is 1. The third kappa shape index (κ3) is 6.27. The Morgan fingerprint density at radius 3 is 2.64 bits per heavy atom. The number of nitrogens with zero attached hydrogens (tertiary/aromatic N) is 1. The molecule has 1 aliphatic heterocycles. The fourth-order valence-corrected chi connectivity index (χ4v) is 4.89. The average molecular weight is 532 g/mol. The number of carbonyl (C=O) groups is 1. The Kier molecular flexibility index (Phi) is 8.67. The van der Waals surface area contributed by atoms with Crippen LogP contribution in [0.4, 0.5) is 10.2 Å². The summed E-state index contributed by atoms with van der Waals surface area (Å²) in [6.07, 6.45) is 4.00. The molecule has 3 N–H and O–H groups in total. The highest BCUT2D eigenvalue weighted by atomic mass is 35.5. The van der Waals surface area contributed by atoms with Gasteiger partial charge < -0.3 is 20.5 Å². The molecule has 1 aromatic heterocycles. The minimum atomic E-state index is -0.674. The van der Waals surface area contributed by atoms with Crippen LogP contribution in [-0.4, -0.2) is 30.6 Å². The topological polar surface area (TPSA) is 86.5 Å². The third-order valence-electron chi connectivity index (χ3n) is 6.33. The van der Waals surface area contributed by atoms with E-state index >= 15 is 0 Å². The lowest BCUT2D eigenvalue weighted by atomic mass is 9.96. The highest BCUT2D eigenvalue weighted by Gasteiger charge is 2.20. The van der Waals surface area contributed by atoms with Crippen molar-refractivity contribution in [1.82, 2.24) is 10.3 Å². The van der Waals surface area contributed by atoms with E-state index in [9.17, 15) is 9.18 Å². The van der Waals surface area contributed by atoms with E-state index in [-0.39, 0.29) is 16.7 Å². The molecule has 1 atom stereocenters. The second-order valence-electron chi connectivity index (χ2n) is 8.80. The van der Waals surface area contributed by atoms with Crippen LogP contribution in [-0.2, 0) is 4.74 Å². The highest BCUT2D eigenvalue weighted by molar-refractivity contribution is 6.36. The Morgan fingerprint density at radius 1 is 1.19 bits per heavy atom. The summed E-state index contributed by atoms with van der Waals surface area (Å²) in [4.78, 5) is 16.8. The monoisotopic (exact) mass is 531 g/mol. The number of benzene rings is 2. The molecular formula is C27H28Cl2FN3O3. The second-order valence-corrected chi connectivity index (χ2v) is 9.59. The number of ether oxygens (including phenoxy) is 2. The fraction of sp³-hybridized carbons (Fsp3) is 0.333. The first kappa shape index (κ1) is 26.2. The molecule has 0 spiro atoms. The van der Waals surface area contributed by atoms with Gasteiger partial charge in [-0.05, 0) is 68.0 Å². The summed E-state index contributed by atoms with van der Waals surface area (Å²) in [5.41, 5.74) is 8.51. The number of halogens is 3. The predicted molar refractivity (Wildman–Crippen MR) is 140 cm³/mol. The van der Waals surface area contributed by atoms with E-state index < -0.39 is 11.9 Å². The number of rotatable bonds is 8. The Labute approximate surface area is 219 Å². The smallest absolute Gasteiger partial charge is 0.251 e. The largest absolute Gasteiger partial charge is 0.482 e. The van der Waals surface area contributed by atoms with Crippen molar-refractivity contribution >= 4 is 34.9 Å². The number of pyridine rings is 1. The molecule has 3 aromatic rings. The van der Waals surface area contributed by atoms with Gasteiger partial charge in [0.05, 0.1) is 5.02 Å². The predicted octanol–water partition coefficient (Wildman–Crippen LogP) is 6.46.